The fraction of sp³-hybridized carbons (Fsp3) is 0.647. The van der Waals surface area contributed by atoms with E-state index >= 15 is 0 Å². The SMILES string of the molecule is CCCCCCCS(=O)(=O)NC1CCCc2ccc([N+](=O)[O-])cc21. The monoisotopic (exact) mass is 354 g/mol. The van der Waals surface area contributed by atoms with Crippen LogP contribution in [-0.4, -0.2) is 19.1 Å². The maximum atomic E-state index is 12.3. The van der Waals surface area contributed by atoms with Crippen molar-refractivity contribution >= 4 is 15.7 Å². The molecule has 0 amide bonds. The van der Waals surface area contributed by atoms with Gasteiger partial charge in [0.1, 0.15) is 0 Å². The molecule has 1 atom stereocenters. The molecule has 1 aliphatic rings. The Kier molecular flexibility index (Phi) is 6.74. The molecule has 134 valence electrons. The molecular formula is C17H26N2O4S. The molecule has 0 saturated carbocycles. The van der Waals surface area contributed by atoms with Crippen molar-refractivity contribution in [3.8, 4) is 0 Å². The Labute approximate surface area is 143 Å². The quantitative estimate of drug-likeness (QED) is 0.414. The zero-order valence-electron chi connectivity index (χ0n) is 14.2. The smallest absolute Gasteiger partial charge is 0.258 e. The first kappa shape index (κ1) is 18.9. The lowest BCUT2D eigenvalue weighted by molar-refractivity contribution is -0.385. The summed E-state index contributed by atoms with van der Waals surface area (Å²) in [6, 6.07) is 4.40. The van der Waals surface area contributed by atoms with Gasteiger partial charge in [0, 0.05) is 18.2 Å². The summed E-state index contributed by atoms with van der Waals surface area (Å²) >= 11 is 0. The lowest BCUT2D eigenvalue weighted by Crippen LogP contribution is -2.32. The van der Waals surface area contributed by atoms with Crippen LogP contribution in [0.2, 0.25) is 0 Å². The van der Waals surface area contributed by atoms with E-state index in [1.807, 2.05) is 0 Å². The average Bonchev–Trinajstić information content (AvgIpc) is 2.54. The molecular weight excluding hydrogens is 328 g/mol. The second kappa shape index (κ2) is 8.58. The minimum absolute atomic E-state index is 0.0133. The van der Waals surface area contributed by atoms with E-state index in [-0.39, 0.29) is 17.5 Å². The third kappa shape index (κ3) is 5.27. The van der Waals surface area contributed by atoms with Gasteiger partial charge in [0.2, 0.25) is 10.0 Å². The molecule has 0 saturated heterocycles. The van der Waals surface area contributed by atoms with Crippen LogP contribution < -0.4 is 4.72 Å². The first-order chi connectivity index (χ1) is 11.4. The highest BCUT2D eigenvalue weighted by atomic mass is 32.2. The van der Waals surface area contributed by atoms with Crippen LogP contribution in [0.1, 0.15) is 69.0 Å². The third-order valence-corrected chi connectivity index (χ3v) is 5.96. The van der Waals surface area contributed by atoms with E-state index in [0.29, 0.717) is 12.8 Å². The second-order valence-corrected chi connectivity index (χ2v) is 8.31. The van der Waals surface area contributed by atoms with E-state index in [9.17, 15) is 18.5 Å². The molecule has 0 radical (unpaired) electrons. The maximum Gasteiger partial charge on any atom is 0.269 e. The first-order valence-corrected chi connectivity index (χ1v) is 10.4. The van der Waals surface area contributed by atoms with E-state index in [2.05, 4.69) is 11.6 Å². The van der Waals surface area contributed by atoms with Gasteiger partial charge >= 0.3 is 0 Å². The minimum Gasteiger partial charge on any atom is -0.258 e. The summed E-state index contributed by atoms with van der Waals surface area (Å²) in [6.07, 6.45) is 7.30. The van der Waals surface area contributed by atoms with E-state index in [1.165, 1.54) is 12.1 Å². The molecule has 1 unspecified atom stereocenters. The van der Waals surface area contributed by atoms with Crippen molar-refractivity contribution in [2.75, 3.05) is 5.75 Å². The van der Waals surface area contributed by atoms with Crippen LogP contribution in [-0.2, 0) is 16.4 Å². The Bertz CT molecular complexity index is 673. The average molecular weight is 354 g/mol. The molecule has 1 aliphatic carbocycles. The fourth-order valence-electron chi connectivity index (χ4n) is 3.19. The number of sulfonamides is 1. The topological polar surface area (TPSA) is 89.3 Å². The van der Waals surface area contributed by atoms with Crippen molar-refractivity contribution in [1.29, 1.82) is 0 Å². The summed E-state index contributed by atoms with van der Waals surface area (Å²) in [6.45, 7) is 2.12. The molecule has 0 fully saturated rings. The third-order valence-electron chi connectivity index (χ3n) is 4.49. The second-order valence-electron chi connectivity index (χ2n) is 6.44. The molecule has 0 spiro atoms. The number of nitrogens with zero attached hydrogens (tertiary/aromatic N) is 1. The van der Waals surface area contributed by atoms with Gasteiger partial charge in [-0.2, -0.15) is 0 Å². The van der Waals surface area contributed by atoms with Gasteiger partial charge in [-0.3, -0.25) is 10.1 Å². The zero-order chi connectivity index (χ0) is 17.6. The fourth-order valence-corrected chi connectivity index (χ4v) is 4.57. The molecule has 6 nitrogen and oxygen atoms in total. The number of nitro benzene ring substituents is 1. The number of nitrogens with one attached hydrogen (secondary N) is 1. The number of non-ortho nitro benzene ring substituents is 1. The normalized spacial score (nSPS) is 17.5. The first-order valence-electron chi connectivity index (χ1n) is 8.70. The predicted octanol–water partition coefficient (Wildman–Crippen LogP) is 3.86. The summed E-state index contributed by atoms with van der Waals surface area (Å²) in [5.41, 5.74) is 1.77. The van der Waals surface area contributed by atoms with Gasteiger partial charge in [-0.25, -0.2) is 13.1 Å². The number of rotatable bonds is 9. The molecule has 0 bridgehead atoms. The van der Waals surface area contributed by atoms with E-state index in [0.717, 1.165) is 49.7 Å². The molecule has 1 N–H and O–H groups in total. The van der Waals surface area contributed by atoms with Crippen LogP contribution in [0.5, 0.6) is 0 Å². The van der Waals surface area contributed by atoms with Gasteiger partial charge in [0.05, 0.1) is 10.7 Å². The minimum atomic E-state index is -3.36. The highest BCUT2D eigenvalue weighted by molar-refractivity contribution is 7.89. The summed E-state index contributed by atoms with van der Waals surface area (Å²) in [4.78, 5) is 10.5. The summed E-state index contributed by atoms with van der Waals surface area (Å²) in [5, 5.41) is 11.0. The lowest BCUT2D eigenvalue weighted by Gasteiger charge is -2.26. The van der Waals surface area contributed by atoms with Crippen molar-refractivity contribution in [3.63, 3.8) is 0 Å². The standard InChI is InChI=1S/C17H26N2O4S/c1-2-3-4-5-6-12-24(22,23)18-17-9-7-8-14-10-11-15(19(20)21)13-16(14)17/h10-11,13,17-18H,2-9,12H2,1H3. The summed E-state index contributed by atoms with van der Waals surface area (Å²) in [7, 11) is -3.36. The van der Waals surface area contributed by atoms with Crippen molar-refractivity contribution in [2.24, 2.45) is 0 Å². The number of aryl methyl sites for hydroxylation is 1. The van der Waals surface area contributed by atoms with Crippen molar-refractivity contribution in [3.05, 3.63) is 39.4 Å². The highest BCUT2D eigenvalue weighted by Gasteiger charge is 2.26. The van der Waals surface area contributed by atoms with Gasteiger partial charge in [-0.05, 0) is 36.8 Å². The van der Waals surface area contributed by atoms with E-state index in [4.69, 9.17) is 0 Å². The van der Waals surface area contributed by atoms with E-state index in [1.54, 1.807) is 6.07 Å². The Hall–Kier alpha value is -1.47. The van der Waals surface area contributed by atoms with Gasteiger partial charge in [0.15, 0.2) is 0 Å². The van der Waals surface area contributed by atoms with Crippen molar-refractivity contribution < 1.29 is 13.3 Å². The van der Waals surface area contributed by atoms with Crippen molar-refractivity contribution in [1.82, 2.24) is 4.72 Å². The number of nitro groups is 1. The number of benzene rings is 1. The number of fused-ring (bicyclic) bond motifs is 1. The Balaban J connectivity index is 2.03. The largest absolute Gasteiger partial charge is 0.269 e. The predicted molar refractivity (Wildman–Crippen MR) is 94.5 cm³/mol. The molecule has 0 aromatic heterocycles. The lowest BCUT2D eigenvalue weighted by atomic mass is 9.88. The van der Waals surface area contributed by atoms with E-state index < -0.39 is 14.9 Å². The molecule has 0 heterocycles. The van der Waals surface area contributed by atoms with Crippen LogP contribution in [0.25, 0.3) is 0 Å². The number of unbranched alkanes of at least 4 members (excludes halogenated alkanes) is 4. The maximum absolute atomic E-state index is 12.3. The van der Waals surface area contributed by atoms with Gasteiger partial charge in [-0.1, -0.05) is 38.7 Å². The highest BCUT2D eigenvalue weighted by Crippen LogP contribution is 2.32. The molecule has 7 heteroatoms. The number of hydrogen-bond acceptors (Lipinski definition) is 4. The number of hydrogen-bond donors (Lipinski definition) is 1. The zero-order valence-corrected chi connectivity index (χ0v) is 15.0. The molecule has 24 heavy (non-hydrogen) atoms. The van der Waals surface area contributed by atoms with Gasteiger partial charge in [0.25, 0.3) is 5.69 Å². The van der Waals surface area contributed by atoms with Crippen LogP contribution in [0.3, 0.4) is 0 Å². The van der Waals surface area contributed by atoms with Crippen LogP contribution in [0.4, 0.5) is 5.69 Å². The molecule has 2 rings (SSSR count). The van der Waals surface area contributed by atoms with Crippen LogP contribution in [0.15, 0.2) is 18.2 Å². The Morgan fingerprint density at radius 2 is 2.00 bits per heavy atom. The molecule has 0 aliphatic heterocycles. The van der Waals surface area contributed by atoms with Gasteiger partial charge < -0.3 is 0 Å². The van der Waals surface area contributed by atoms with Gasteiger partial charge in [-0.15, -0.1) is 0 Å². The Morgan fingerprint density at radius 3 is 2.71 bits per heavy atom. The summed E-state index contributed by atoms with van der Waals surface area (Å²) < 4.78 is 27.4. The molecule has 1 aromatic rings. The molecule has 1 aromatic carbocycles. The van der Waals surface area contributed by atoms with Crippen LogP contribution in [0, 0.1) is 10.1 Å². The summed E-state index contributed by atoms with van der Waals surface area (Å²) in [5.74, 6) is 0.122. The van der Waals surface area contributed by atoms with Crippen molar-refractivity contribution in [2.45, 2.75) is 64.3 Å². The Morgan fingerprint density at radius 1 is 1.25 bits per heavy atom. The van der Waals surface area contributed by atoms with Crippen LogP contribution >= 0.6 is 0 Å².